The first-order valence-electron chi connectivity index (χ1n) is 11.2. The zero-order valence-corrected chi connectivity index (χ0v) is 20.8. The van der Waals surface area contributed by atoms with Crippen molar-refractivity contribution in [2.75, 3.05) is 13.7 Å². The van der Waals surface area contributed by atoms with E-state index in [1.807, 2.05) is 24.3 Å². The Morgan fingerprint density at radius 3 is 2.39 bits per heavy atom. The maximum atomic E-state index is 13.2. The lowest BCUT2D eigenvalue weighted by atomic mass is 10.0. The van der Waals surface area contributed by atoms with Gasteiger partial charge in [-0.1, -0.05) is 40.2 Å². The number of carbonyl (C=O) groups is 4. The van der Waals surface area contributed by atoms with E-state index in [-0.39, 0.29) is 18.9 Å². The summed E-state index contributed by atoms with van der Waals surface area (Å²) >= 11 is 3.37. The van der Waals surface area contributed by atoms with Crippen molar-refractivity contribution in [3.63, 3.8) is 0 Å². The van der Waals surface area contributed by atoms with Crippen molar-refractivity contribution in [1.82, 2.24) is 9.80 Å². The smallest absolute Gasteiger partial charge is 0.337 e. The minimum Gasteiger partial charge on any atom is -0.472 e. The van der Waals surface area contributed by atoms with Crippen LogP contribution in [0.2, 0.25) is 0 Å². The van der Waals surface area contributed by atoms with Crippen molar-refractivity contribution in [2.24, 2.45) is 0 Å². The monoisotopic (exact) mass is 552 g/mol. The molecule has 0 radical (unpaired) electrons. The number of ether oxygens (including phenoxy) is 3. The molecule has 0 N–H and O–H groups in total. The van der Waals surface area contributed by atoms with Gasteiger partial charge in [0.25, 0.3) is 11.8 Å². The Balaban J connectivity index is 1.37. The van der Waals surface area contributed by atoms with Crippen LogP contribution in [-0.2, 0) is 30.4 Å². The van der Waals surface area contributed by atoms with Crippen molar-refractivity contribution in [1.29, 1.82) is 0 Å². The van der Waals surface area contributed by atoms with Crippen molar-refractivity contribution in [3.05, 3.63) is 93.3 Å². The highest BCUT2D eigenvalue weighted by atomic mass is 79.9. The Morgan fingerprint density at radius 2 is 1.75 bits per heavy atom. The van der Waals surface area contributed by atoms with Gasteiger partial charge in [-0.25, -0.2) is 9.59 Å². The molecule has 0 aliphatic carbocycles. The molecular weight excluding hydrogens is 532 g/mol. The third kappa shape index (κ3) is 4.28. The van der Waals surface area contributed by atoms with Crippen molar-refractivity contribution >= 4 is 39.7 Å². The highest BCUT2D eigenvalue weighted by molar-refractivity contribution is 9.10. The Labute approximate surface area is 215 Å². The molecule has 0 unspecified atom stereocenters. The van der Waals surface area contributed by atoms with Gasteiger partial charge in [0.15, 0.2) is 12.3 Å². The molecule has 10 heteroatoms. The quantitative estimate of drug-likeness (QED) is 0.306. The molecule has 2 fully saturated rings. The molecule has 36 heavy (non-hydrogen) atoms. The molecule has 3 aliphatic heterocycles. The van der Waals surface area contributed by atoms with E-state index in [4.69, 9.17) is 14.2 Å². The average molecular weight is 553 g/mol. The Kier molecular flexibility index (Phi) is 6.36. The standard InChI is InChI=1S/C26H21BrN2O7/c1-34-22(30)13-17-12-21-29(17)23(26(33)35-14-15-6-8-16(27)9-7-15)20(36-21)10-11-28-24(31)18-4-2-3-5-19(18)25(28)32/h2-10,13,21,23H,11-12,14H2,1H3/b17-13-,20-10-/t21-,23-/m1/s1. The minimum atomic E-state index is -0.967. The number of hydrogen-bond donors (Lipinski definition) is 0. The molecule has 184 valence electrons. The van der Waals surface area contributed by atoms with Crippen LogP contribution in [0.25, 0.3) is 0 Å². The number of esters is 2. The Bertz CT molecular complexity index is 1280. The van der Waals surface area contributed by atoms with Crippen molar-refractivity contribution in [2.45, 2.75) is 25.3 Å². The zero-order chi connectivity index (χ0) is 25.4. The summed E-state index contributed by atoms with van der Waals surface area (Å²) in [5.41, 5.74) is 2.05. The molecule has 3 heterocycles. The molecule has 0 bridgehead atoms. The number of rotatable bonds is 6. The molecule has 0 aromatic heterocycles. The summed E-state index contributed by atoms with van der Waals surface area (Å²) in [7, 11) is 1.27. The zero-order valence-electron chi connectivity index (χ0n) is 19.2. The molecule has 2 atom stereocenters. The number of benzene rings is 2. The maximum absolute atomic E-state index is 13.2. The number of halogens is 1. The van der Waals surface area contributed by atoms with Crippen LogP contribution >= 0.6 is 15.9 Å². The first-order valence-corrected chi connectivity index (χ1v) is 12.0. The van der Waals surface area contributed by atoms with Gasteiger partial charge >= 0.3 is 11.9 Å². The lowest BCUT2D eigenvalue weighted by molar-refractivity contribution is -0.150. The number of imide groups is 1. The molecular formula is C26H21BrN2O7. The molecule has 2 aromatic rings. The molecule has 2 aromatic carbocycles. The number of methoxy groups -OCH3 is 1. The molecule has 3 aliphatic rings. The minimum absolute atomic E-state index is 0.0445. The highest BCUT2D eigenvalue weighted by Gasteiger charge is 2.52. The molecule has 2 saturated heterocycles. The average Bonchev–Trinajstić information content (AvgIpc) is 3.30. The van der Waals surface area contributed by atoms with Crippen molar-refractivity contribution in [3.8, 4) is 0 Å². The number of amides is 2. The molecule has 2 amide bonds. The lowest BCUT2D eigenvalue weighted by Crippen LogP contribution is -2.49. The SMILES string of the molecule is COC(=O)/C=C1/C[C@H]2O/C(=C\CN3C(=O)c4ccccc4C3=O)[C@H](C(=O)OCc3ccc(Br)cc3)N12. The summed E-state index contributed by atoms with van der Waals surface area (Å²) in [5.74, 6) is -1.69. The number of fused-ring (bicyclic) bond motifs is 2. The van der Waals surface area contributed by atoms with E-state index in [0.717, 1.165) is 14.9 Å². The second kappa shape index (κ2) is 9.62. The first-order chi connectivity index (χ1) is 17.4. The summed E-state index contributed by atoms with van der Waals surface area (Å²) < 4.78 is 17.1. The predicted octanol–water partition coefficient (Wildman–Crippen LogP) is 3.16. The van der Waals surface area contributed by atoms with Crippen LogP contribution in [-0.4, -0.2) is 59.5 Å². The van der Waals surface area contributed by atoms with Gasteiger partial charge in [-0.05, 0) is 35.9 Å². The van der Waals surface area contributed by atoms with Crippen LogP contribution in [0.3, 0.4) is 0 Å². The topological polar surface area (TPSA) is 102 Å². The van der Waals surface area contributed by atoms with Crippen LogP contribution in [0.15, 0.2) is 76.6 Å². The largest absolute Gasteiger partial charge is 0.472 e. The van der Waals surface area contributed by atoms with Crippen LogP contribution in [0.4, 0.5) is 0 Å². The van der Waals surface area contributed by atoms with Crippen LogP contribution < -0.4 is 0 Å². The third-order valence-electron chi connectivity index (χ3n) is 6.20. The fourth-order valence-electron chi connectivity index (χ4n) is 4.36. The van der Waals surface area contributed by atoms with Crippen LogP contribution in [0, 0.1) is 0 Å². The number of carbonyl (C=O) groups excluding carboxylic acids is 4. The second-order valence-electron chi connectivity index (χ2n) is 8.35. The summed E-state index contributed by atoms with van der Waals surface area (Å²) in [6.07, 6.45) is 2.78. The van der Waals surface area contributed by atoms with E-state index >= 15 is 0 Å². The van der Waals surface area contributed by atoms with E-state index in [1.54, 1.807) is 35.2 Å². The first kappa shape index (κ1) is 23.8. The predicted molar refractivity (Wildman–Crippen MR) is 129 cm³/mol. The van der Waals surface area contributed by atoms with Gasteiger partial charge in [0.05, 0.1) is 24.8 Å². The Hall–Kier alpha value is -3.92. The summed E-state index contributed by atoms with van der Waals surface area (Å²) in [6.45, 7) is -0.0301. The highest BCUT2D eigenvalue weighted by Crippen LogP contribution is 2.43. The Morgan fingerprint density at radius 1 is 1.08 bits per heavy atom. The number of hydrogen-bond acceptors (Lipinski definition) is 8. The van der Waals surface area contributed by atoms with Crippen LogP contribution in [0.5, 0.6) is 0 Å². The van der Waals surface area contributed by atoms with Gasteiger partial charge in [0.1, 0.15) is 12.4 Å². The van der Waals surface area contributed by atoms with Gasteiger partial charge in [-0.3, -0.25) is 14.5 Å². The van der Waals surface area contributed by atoms with E-state index in [1.165, 1.54) is 13.2 Å². The molecule has 0 spiro atoms. The summed E-state index contributed by atoms with van der Waals surface area (Å²) in [5, 5.41) is 0. The fourth-order valence-corrected chi connectivity index (χ4v) is 4.63. The molecule has 9 nitrogen and oxygen atoms in total. The van der Waals surface area contributed by atoms with Crippen LogP contribution in [0.1, 0.15) is 32.7 Å². The fraction of sp³-hybridized carbons (Fsp3) is 0.231. The normalized spacial score (nSPS) is 22.3. The second-order valence-corrected chi connectivity index (χ2v) is 9.27. The number of nitrogens with zero attached hydrogens (tertiary/aromatic N) is 2. The van der Waals surface area contributed by atoms with E-state index < -0.39 is 36.0 Å². The van der Waals surface area contributed by atoms with Gasteiger partial charge in [0.2, 0.25) is 0 Å². The van der Waals surface area contributed by atoms with Gasteiger partial charge < -0.3 is 19.1 Å². The van der Waals surface area contributed by atoms with Gasteiger partial charge in [0, 0.05) is 22.7 Å². The van der Waals surface area contributed by atoms with Gasteiger partial charge in [-0.15, -0.1) is 0 Å². The molecule has 5 rings (SSSR count). The van der Waals surface area contributed by atoms with E-state index in [0.29, 0.717) is 23.2 Å². The van der Waals surface area contributed by atoms with Gasteiger partial charge in [-0.2, -0.15) is 0 Å². The van der Waals surface area contributed by atoms with E-state index in [9.17, 15) is 19.2 Å². The maximum Gasteiger partial charge on any atom is 0.337 e. The summed E-state index contributed by atoms with van der Waals surface area (Å²) in [6, 6.07) is 13.0. The van der Waals surface area contributed by atoms with Crippen molar-refractivity contribution < 1.29 is 33.4 Å². The molecule has 0 saturated carbocycles. The summed E-state index contributed by atoms with van der Waals surface area (Å²) in [4.78, 5) is 53.2. The third-order valence-corrected chi connectivity index (χ3v) is 6.73. The lowest BCUT2D eigenvalue weighted by Gasteiger charge is -2.39. The van der Waals surface area contributed by atoms with E-state index in [2.05, 4.69) is 15.9 Å².